The van der Waals surface area contributed by atoms with Crippen LogP contribution in [0.4, 0.5) is 0 Å². The summed E-state index contributed by atoms with van der Waals surface area (Å²) >= 11 is 0. The fraction of sp³-hybridized carbons (Fsp3) is 0.833. The maximum Gasteiger partial charge on any atom is 0.243 e. The van der Waals surface area contributed by atoms with Crippen molar-refractivity contribution in [2.75, 3.05) is 39.3 Å². The molecule has 25 heavy (non-hydrogen) atoms. The highest BCUT2D eigenvalue weighted by atomic mass is 16.5. The lowest BCUT2D eigenvalue weighted by Gasteiger charge is -2.39. The molecule has 3 rings (SSSR count). The van der Waals surface area contributed by atoms with Crippen molar-refractivity contribution in [3.63, 3.8) is 0 Å². The van der Waals surface area contributed by atoms with Gasteiger partial charge in [0.2, 0.25) is 11.8 Å². The van der Waals surface area contributed by atoms with Gasteiger partial charge in [0.05, 0.1) is 6.04 Å². The van der Waals surface area contributed by atoms with E-state index in [9.17, 15) is 4.79 Å². The number of amides is 1. The second-order valence-corrected chi connectivity index (χ2v) is 7.52. The van der Waals surface area contributed by atoms with Gasteiger partial charge in [-0.1, -0.05) is 19.0 Å². The monoisotopic (exact) mass is 349 g/mol. The number of hydrogen-bond acceptors (Lipinski definition) is 6. The molecule has 0 bridgehead atoms. The van der Waals surface area contributed by atoms with E-state index >= 15 is 0 Å². The van der Waals surface area contributed by atoms with E-state index in [4.69, 9.17) is 4.52 Å². The minimum atomic E-state index is 0.157. The lowest BCUT2D eigenvalue weighted by atomic mass is 10.0. The van der Waals surface area contributed by atoms with Crippen LogP contribution in [0.2, 0.25) is 0 Å². The number of hydrogen-bond donors (Lipinski definition) is 0. The largest absolute Gasteiger partial charge is 0.340 e. The maximum atomic E-state index is 11.5. The molecular weight excluding hydrogens is 318 g/mol. The first kappa shape index (κ1) is 18.3. The summed E-state index contributed by atoms with van der Waals surface area (Å²) in [5, 5.41) is 4.09. The first-order chi connectivity index (χ1) is 12.0. The zero-order valence-electron chi connectivity index (χ0n) is 15.9. The normalized spacial score (nSPS) is 27.0. The van der Waals surface area contributed by atoms with E-state index in [1.54, 1.807) is 6.92 Å². The predicted molar refractivity (Wildman–Crippen MR) is 95.1 cm³/mol. The van der Waals surface area contributed by atoms with Gasteiger partial charge in [0, 0.05) is 58.7 Å². The summed E-state index contributed by atoms with van der Waals surface area (Å²) in [6.45, 7) is 14.0. The Morgan fingerprint density at radius 1 is 1.28 bits per heavy atom. The third kappa shape index (κ3) is 4.03. The summed E-state index contributed by atoms with van der Waals surface area (Å²) in [5.41, 5.74) is 0. The molecular formula is C18H31N5O2. The van der Waals surface area contributed by atoms with Gasteiger partial charge in [0.1, 0.15) is 0 Å². The average Bonchev–Trinajstić information content (AvgIpc) is 3.21. The lowest BCUT2D eigenvalue weighted by molar-refractivity contribution is -0.130. The number of piperazine rings is 1. The van der Waals surface area contributed by atoms with Crippen molar-refractivity contribution in [2.45, 2.75) is 52.6 Å². The molecule has 7 nitrogen and oxygen atoms in total. The van der Waals surface area contributed by atoms with Gasteiger partial charge in [-0.2, -0.15) is 4.98 Å². The second kappa shape index (κ2) is 7.83. The second-order valence-electron chi connectivity index (χ2n) is 7.52. The van der Waals surface area contributed by atoms with E-state index in [1.165, 1.54) is 0 Å². The van der Waals surface area contributed by atoms with Gasteiger partial charge < -0.3 is 9.42 Å². The third-order valence-electron chi connectivity index (χ3n) is 5.69. The quantitative estimate of drug-likeness (QED) is 0.804. The minimum absolute atomic E-state index is 0.157. The fourth-order valence-corrected chi connectivity index (χ4v) is 4.06. The van der Waals surface area contributed by atoms with Crippen LogP contribution in [-0.4, -0.2) is 76.1 Å². The van der Waals surface area contributed by atoms with E-state index < -0.39 is 0 Å². The minimum Gasteiger partial charge on any atom is -0.340 e. The van der Waals surface area contributed by atoms with Crippen LogP contribution >= 0.6 is 0 Å². The van der Waals surface area contributed by atoms with Crippen LogP contribution in [-0.2, 0) is 11.2 Å². The van der Waals surface area contributed by atoms with E-state index in [0.717, 1.165) is 63.8 Å². The molecule has 3 atom stereocenters. The standard InChI is InChI=1S/C18H31N5O2/c1-5-6-17-19-18(25-20-17)14(3)23-11-13(2)16(12-23)22-9-7-21(8-10-22)15(4)24/h13-14,16H,5-12H2,1-4H3/t13-,14-,16-/m0/s1. The van der Waals surface area contributed by atoms with Crippen LogP contribution in [0, 0.1) is 5.92 Å². The van der Waals surface area contributed by atoms with Gasteiger partial charge in [-0.3, -0.25) is 14.6 Å². The Labute approximate surface area is 150 Å². The molecule has 2 fully saturated rings. The van der Waals surface area contributed by atoms with E-state index in [2.05, 4.69) is 40.7 Å². The van der Waals surface area contributed by atoms with Gasteiger partial charge in [-0.25, -0.2) is 0 Å². The number of carbonyl (C=O) groups is 1. The molecule has 0 radical (unpaired) electrons. The van der Waals surface area contributed by atoms with E-state index in [0.29, 0.717) is 12.0 Å². The Bertz CT molecular complexity index is 582. The summed E-state index contributed by atoms with van der Waals surface area (Å²) < 4.78 is 5.49. The Balaban J connectivity index is 1.58. The van der Waals surface area contributed by atoms with Crippen LogP contribution in [0.3, 0.4) is 0 Å². The summed E-state index contributed by atoms with van der Waals surface area (Å²) in [5.74, 6) is 2.34. The highest BCUT2D eigenvalue weighted by Gasteiger charge is 2.38. The Morgan fingerprint density at radius 2 is 2.00 bits per heavy atom. The number of rotatable bonds is 5. The van der Waals surface area contributed by atoms with Crippen molar-refractivity contribution in [2.24, 2.45) is 5.92 Å². The highest BCUT2D eigenvalue weighted by Crippen LogP contribution is 2.29. The van der Waals surface area contributed by atoms with Gasteiger partial charge in [-0.05, 0) is 19.3 Å². The van der Waals surface area contributed by atoms with Crippen molar-refractivity contribution in [3.05, 3.63) is 11.7 Å². The molecule has 0 N–H and O–H groups in total. The van der Waals surface area contributed by atoms with Crippen molar-refractivity contribution in [1.82, 2.24) is 24.8 Å². The first-order valence-electron chi connectivity index (χ1n) is 9.55. The molecule has 1 amide bonds. The molecule has 0 unspecified atom stereocenters. The van der Waals surface area contributed by atoms with E-state index in [1.807, 2.05) is 4.90 Å². The van der Waals surface area contributed by atoms with Crippen molar-refractivity contribution in [1.29, 1.82) is 0 Å². The number of aromatic nitrogens is 2. The molecule has 1 aromatic rings. The third-order valence-corrected chi connectivity index (χ3v) is 5.69. The van der Waals surface area contributed by atoms with Crippen LogP contribution in [0.25, 0.3) is 0 Å². The number of carbonyl (C=O) groups excluding carboxylic acids is 1. The Morgan fingerprint density at radius 3 is 2.64 bits per heavy atom. The maximum absolute atomic E-state index is 11.5. The topological polar surface area (TPSA) is 65.7 Å². The van der Waals surface area contributed by atoms with E-state index in [-0.39, 0.29) is 11.9 Å². The summed E-state index contributed by atoms with van der Waals surface area (Å²) in [6.07, 6.45) is 1.90. The van der Waals surface area contributed by atoms with Crippen LogP contribution in [0.1, 0.15) is 51.9 Å². The molecule has 0 aromatic carbocycles. The van der Waals surface area contributed by atoms with Crippen molar-refractivity contribution < 1.29 is 9.32 Å². The highest BCUT2D eigenvalue weighted by molar-refractivity contribution is 5.73. The van der Waals surface area contributed by atoms with Crippen LogP contribution < -0.4 is 0 Å². The smallest absolute Gasteiger partial charge is 0.243 e. The molecule has 2 saturated heterocycles. The van der Waals surface area contributed by atoms with Crippen molar-refractivity contribution >= 4 is 5.91 Å². The molecule has 0 saturated carbocycles. The van der Waals surface area contributed by atoms with Gasteiger partial charge in [-0.15, -0.1) is 0 Å². The molecule has 140 valence electrons. The van der Waals surface area contributed by atoms with Gasteiger partial charge in [0.25, 0.3) is 0 Å². The van der Waals surface area contributed by atoms with Crippen molar-refractivity contribution in [3.8, 4) is 0 Å². The summed E-state index contributed by atoms with van der Waals surface area (Å²) in [7, 11) is 0. The molecule has 1 aromatic heterocycles. The molecule has 0 aliphatic carbocycles. The molecule has 0 spiro atoms. The Kier molecular flexibility index (Phi) is 5.74. The van der Waals surface area contributed by atoms with Gasteiger partial charge in [0.15, 0.2) is 5.82 Å². The number of aryl methyl sites for hydroxylation is 1. The molecule has 2 aliphatic rings. The van der Waals surface area contributed by atoms with Gasteiger partial charge >= 0.3 is 0 Å². The summed E-state index contributed by atoms with van der Waals surface area (Å²) in [4.78, 5) is 23.0. The number of nitrogens with zero attached hydrogens (tertiary/aromatic N) is 5. The zero-order chi connectivity index (χ0) is 18.0. The fourth-order valence-electron chi connectivity index (χ4n) is 4.06. The zero-order valence-corrected chi connectivity index (χ0v) is 15.9. The van der Waals surface area contributed by atoms with Crippen LogP contribution in [0.5, 0.6) is 0 Å². The van der Waals surface area contributed by atoms with Crippen LogP contribution in [0.15, 0.2) is 4.52 Å². The molecule has 3 heterocycles. The SMILES string of the molecule is CCCc1noc([C@H](C)N2C[C@H](C)[C@@H](N3CCN(C(C)=O)CC3)C2)n1. The first-order valence-corrected chi connectivity index (χ1v) is 9.55. The number of likely N-dealkylation sites (tertiary alicyclic amines) is 1. The lowest BCUT2D eigenvalue weighted by Crippen LogP contribution is -2.53. The average molecular weight is 349 g/mol. The molecule has 2 aliphatic heterocycles. The summed E-state index contributed by atoms with van der Waals surface area (Å²) in [6, 6.07) is 0.693. The predicted octanol–water partition coefficient (Wildman–Crippen LogP) is 1.57. The molecule has 7 heteroatoms. The Hall–Kier alpha value is -1.47.